The van der Waals surface area contributed by atoms with Crippen molar-refractivity contribution in [1.29, 1.82) is 0 Å². The maximum atomic E-state index is 11.9. The lowest BCUT2D eigenvalue weighted by atomic mass is 10.1. The van der Waals surface area contributed by atoms with E-state index in [0.717, 1.165) is 29.1 Å². The van der Waals surface area contributed by atoms with E-state index in [1.165, 1.54) is 0 Å². The minimum absolute atomic E-state index is 0.130. The molecule has 0 bridgehead atoms. The van der Waals surface area contributed by atoms with E-state index in [4.69, 9.17) is 4.74 Å². The molecular weight excluding hydrogens is 252 g/mol. The first kappa shape index (κ1) is 14.3. The van der Waals surface area contributed by atoms with E-state index in [9.17, 15) is 4.79 Å². The fraction of sp³-hybridized carbons (Fsp3) is 0.375. The second-order valence-electron chi connectivity index (χ2n) is 5.37. The number of ether oxygens (including phenoxy) is 1. The maximum Gasteiger partial charge on any atom is 0.275 e. The van der Waals surface area contributed by atoms with E-state index in [1.807, 2.05) is 25.1 Å². The van der Waals surface area contributed by atoms with Gasteiger partial charge >= 0.3 is 0 Å². The molecule has 0 unspecified atom stereocenters. The van der Waals surface area contributed by atoms with E-state index in [2.05, 4.69) is 24.2 Å². The summed E-state index contributed by atoms with van der Waals surface area (Å²) in [5.41, 5.74) is 2.44. The first-order valence-electron chi connectivity index (χ1n) is 6.75. The Morgan fingerprint density at radius 3 is 2.75 bits per heavy atom. The summed E-state index contributed by atoms with van der Waals surface area (Å²) in [5, 5.41) is 2.81. The smallest absolute Gasteiger partial charge is 0.275 e. The van der Waals surface area contributed by atoms with Crippen LogP contribution in [0.5, 0.6) is 5.75 Å². The number of hydrogen-bond acceptors (Lipinski definition) is 3. The molecule has 4 heteroatoms. The van der Waals surface area contributed by atoms with Crippen LogP contribution in [-0.4, -0.2) is 18.9 Å². The van der Waals surface area contributed by atoms with Crippen LogP contribution in [0, 0.1) is 12.8 Å². The quantitative estimate of drug-likeness (QED) is 0.857. The van der Waals surface area contributed by atoms with E-state index >= 15 is 0 Å². The van der Waals surface area contributed by atoms with Crippen LogP contribution in [0.1, 0.15) is 31.4 Å². The van der Waals surface area contributed by atoms with Crippen LogP contribution in [0.15, 0.2) is 28.9 Å². The van der Waals surface area contributed by atoms with Crippen molar-refractivity contribution in [3.63, 3.8) is 0 Å². The molecule has 0 fully saturated rings. The summed E-state index contributed by atoms with van der Waals surface area (Å²) in [7, 11) is 1.65. The lowest BCUT2D eigenvalue weighted by Gasteiger charge is -2.04. The number of benzene rings is 1. The van der Waals surface area contributed by atoms with Crippen LogP contribution in [0.2, 0.25) is 0 Å². The van der Waals surface area contributed by atoms with Crippen molar-refractivity contribution < 1.29 is 9.53 Å². The molecular formula is C16H20N2O2. The van der Waals surface area contributed by atoms with Gasteiger partial charge in [0.1, 0.15) is 17.3 Å². The number of aliphatic imine (C=N–C) groups is 1. The van der Waals surface area contributed by atoms with Crippen molar-refractivity contribution in [3.05, 3.63) is 35.0 Å². The van der Waals surface area contributed by atoms with Gasteiger partial charge in [0.15, 0.2) is 0 Å². The minimum Gasteiger partial charge on any atom is -0.496 e. The Kier molecular flexibility index (Phi) is 4.23. The van der Waals surface area contributed by atoms with Crippen molar-refractivity contribution in [2.75, 3.05) is 7.11 Å². The molecule has 20 heavy (non-hydrogen) atoms. The van der Waals surface area contributed by atoms with Crippen LogP contribution in [0.3, 0.4) is 0 Å². The average molecular weight is 272 g/mol. The van der Waals surface area contributed by atoms with Crippen molar-refractivity contribution in [2.45, 2.75) is 27.2 Å². The summed E-state index contributed by atoms with van der Waals surface area (Å²) in [6.07, 6.45) is 2.58. The summed E-state index contributed by atoms with van der Waals surface area (Å²) < 4.78 is 5.22. The molecule has 1 aliphatic heterocycles. The van der Waals surface area contributed by atoms with Crippen LogP contribution in [0.25, 0.3) is 6.08 Å². The van der Waals surface area contributed by atoms with Crippen LogP contribution < -0.4 is 10.1 Å². The molecule has 0 saturated heterocycles. The zero-order valence-electron chi connectivity index (χ0n) is 12.4. The highest BCUT2D eigenvalue weighted by molar-refractivity contribution is 6.14. The van der Waals surface area contributed by atoms with E-state index < -0.39 is 0 Å². The zero-order valence-corrected chi connectivity index (χ0v) is 12.4. The third-order valence-corrected chi connectivity index (χ3v) is 3.07. The minimum atomic E-state index is -0.130. The van der Waals surface area contributed by atoms with Gasteiger partial charge in [-0.15, -0.1) is 0 Å². The Balaban J connectivity index is 2.24. The molecule has 0 spiro atoms. The summed E-state index contributed by atoms with van der Waals surface area (Å²) >= 11 is 0. The number of carbonyl (C=O) groups is 1. The van der Waals surface area contributed by atoms with Gasteiger partial charge in [-0.1, -0.05) is 19.9 Å². The van der Waals surface area contributed by atoms with Crippen molar-refractivity contribution in [2.24, 2.45) is 10.9 Å². The molecule has 2 rings (SSSR count). The SMILES string of the molecule is COc1ccc(/C=C2/N=C(CC(C)C)NC2=O)cc1C. The summed E-state index contributed by atoms with van der Waals surface area (Å²) in [6, 6.07) is 5.80. The molecule has 1 aromatic carbocycles. The van der Waals surface area contributed by atoms with Gasteiger partial charge in [0.05, 0.1) is 7.11 Å². The zero-order chi connectivity index (χ0) is 14.7. The normalized spacial score (nSPS) is 16.6. The maximum absolute atomic E-state index is 11.9. The van der Waals surface area contributed by atoms with Crippen molar-refractivity contribution in [1.82, 2.24) is 5.32 Å². The largest absolute Gasteiger partial charge is 0.496 e. The monoisotopic (exact) mass is 272 g/mol. The van der Waals surface area contributed by atoms with Gasteiger partial charge in [-0.05, 0) is 42.2 Å². The number of hydrogen-bond donors (Lipinski definition) is 1. The molecule has 106 valence electrons. The molecule has 0 atom stereocenters. The van der Waals surface area contributed by atoms with E-state index in [0.29, 0.717) is 11.6 Å². The number of amides is 1. The predicted molar refractivity (Wildman–Crippen MR) is 80.7 cm³/mol. The van der Waals surface area contributed by atoms with Gasteiger partial charge in [0, 0.05) is 6.42 Å². The lowest BCUT2D eigenvalue weighted by Crippen LogP contribution is -2.24. The van der Waals surface area contributed by atoms with E-state index in [1.54, 1.807) is 13.2 Å². The van der Waals surface area contributed by atoms with Crippen molar-refractivity contribution >= 4 is 17.8 Å². The molecule has 1 N–H and O–H groups in total. The number of aryl methyl sites for hydroxylation is 1. The predicted octanol–water partition coefficient (Wildman–Crippen LogP) is 2.92. The second-order valence-corrected chi connectivity index (χ2v) is 5.37. The average Bonchev–Trinajstić information content (AvgIpc) is 2.69. The molecule has 4 nitrogen and oxygen atoms in total. The van der Waals surface area contributed by atoms with Gasteiger partial charge in [-0.25, -0.2) is 4.99 Å². The molecule has 1 aromatic rings. The van der Waals surface area contributed by atoms with Gasteiger partial charge < -0.3 is 10.1 Å². The highest BCUT2D eigenvalue weighted by Gasteiger charge is 2.20. The Bertz CT molecular complexity index is 586. The first-order valence-corrected chi connectivity index (χ1v) is 6.75. The van der Waals surface area contributed by atoms with Gasteiger partial charge in [-0.2, -0.15) is 0 Å². The lowest BCUT2D eigenvalue weighted by molar-refractivity contribution is -0.115. The summed E-state index contributed by atoms with van der Waals surface area (Å²) in [5.74, 6) is 1.93. The third-order valence-electron chi connectivity index (χ3n) is 3.07. The van der Waals surface area contributed by atoms with Gasteiger partial charge in [0.25, 0.3) is 5.91 Å². The fourth-order valence-electron chi connectivity index (χ4n) is 2.15. The van der Waals surface area contributed by atoms with Crippen molar-refractivity contribution in [3.8, 4) is 5.75 Å². The van der Waals surface area contributed by atoms with Crippen LogP contribution in [-0.2, 0) is 4.79 Å². The Morgan fingerprint density at radius 2 is 2.15 bits per heavy atom. The number of nitrogens with one attached hydrogen (secondary N) is 1. The molecule has 0 radical (unpaired) electrons. The topological polar surface area (TPSA) is 50.7 Å². The number of carbonyl (C=O) groups excluding carboxylic acids is 1. The number of amidine groups is 1. The number of rotatable bonds is 4. The highest BCUT2D eigenvalue weighted by Crippen LogP contribution is 2.21. The fourth-order valence-corrected chi connectivity index (χ4v) is 2.15. The Morgan fingerprint density at radius 1 is 1.40 bits per heavy atom. The summed E-state index contributed by atoms with van der Waals surface area (Å²) in [4.78, 5) is 16.2. The molecule has 0 saturated carbocycles. The molecule has 1 aliphatic rings. The molecule has 0 aromatic heterocycles. The van der Waals surface area contributed by atoms with Crippen LogP contribution in [0.4, 0.5) is 0 Å². The summed E-state index contributed by atoms with van der Waals surface area (Å²) in [6.45, 7) is 6.18. The van der Waals surface area contributed by atoms with Gasteiger partial charge in [0.2, 0.25) is 0 Å². The number of nitrogens with zero attached hydrogens (tertiary/aromatic N) is 1. The molecule has 0 aliphatic carbocycles. The second kappa shape index (κ2) is 5.90. The number of methoxy groups -OCH3 is 1. The van der Waals surface area contributed by atoms with Crippen LogP contribution >= 0.6 is 0 Å². The first-order chi connectivity index (χ1) is 9.49. The Hall–Kier alpha value is -2.10. The van der Waals surface area contributed by atoms with Gasteiger partial charge in [-0.3, -0.25) is 4.79 Å². The molecule has 1 heterocycles. The Labute approximate surface area is 119 Å². The highest BCUT2D eigenvalue weighted by atomic mass is 16.5. The standard InChI is InChI=1S/C16H20N2O2/c1-10(2)7-15-17-13(16(19)18-15)9-12-5-6-14(20-4)11(3)8-12/h5-6,8-10H,7H2,1-4H3,(H,17,18,19)/b13-9+. The van der Waals surface area contributed by atoms with E-state index in [-0.39, 0.29) is 5.91 Å². The third kappa shape index (κ3) is 3.26. The molecule has 1 amide bonds.